The summed E-state index contributed by atoms with van der Waals surface area (Å²) in [5.74, 6) is 2.39. The zero-order valence-corrected chi connectivity index (χ0v) is 27.6. The van der Waals surface area contributed by atoms with Gasteiger partial charge in [-0.25, -0.2) is 3.63 Å². The van der Waals surface area contributed by atoms with Gasteiger partial charge in [-0.05, 0) is 91.8 Å². The molecule has 0 aromatic rings. The molecule has 0 aliphatic heterocycles. The minimum absolute atomic E-state index is 0.133. The molecule has 0 bridgehead atoms. The van der Waals surface area contributed by atoms with Crippen molar-refractivity contribution in [2.75, 3.05) is 0 Å². The average Bonchev–Trinajstić information content (AvgIpc) is 2.81. The van der Waals surface area contributed by atoms with Crippen molar-refractivity contribution in [1.29, 1.82) is 0 Å². The Morgan fingerprint density at radius 3 is 1.10 bits per heavy atom. The van der Waals surface area contributed by atoms with Crippen molar-refractivity contribution in [3.63, 3.8) is 0 Å². The predicted octanol–water partition coefficient (Wildman–Crippen LogP) is 9.95. The molecule has 39 heavy (non-hydrogen) atoms. The molecule has 3 nitrogen and oxygen atoms in total. The minimum Gasteiger partial charge on any atom is -0.212 e. The van der Waals surface area contributed by atoms with Crippen LogP contribution in [0.4, 0.5) is 13.2 Å². The third-order valence-corrected chi connectivity index (χ3v) is 17.5. The lowest BCUT2D eigenvalue weighted by Gasteiger charge is -2.64. The first-order valence-electron chi connectivity index (χ1n) is 15.7. The fraction of sp³-hybridized carbons (Fsp3) is 1.00. The Morgan fingerprint density at radius 2 is 0.872 bits per heavy atom. The highest BCUT2D eigenvalue weighted by Gasteiger charge is 2.62. The number of alkyl halides is 3. The molecule has 0 aromatic heterocycles. The van der Waals surface area contributed by atoms with E-state index in [-0.39, 0.29) is 51.3 Å². The molecule has 3 saturated carbocycles. The summed E-state index contributed by atoms with van der Waals surface area (Å²) < 4.78 is 76.0. The molecule has 8 heteroatoms. The van der Waals surface area contributed by atoms with Crippen LogP contribution in [0.1, 0.15) is 120 Å². The van der Waals surface area contributed by atoms with Crippen LogP contribution in [0.2, 0.25) is 0 Å². The molecule has 0 spiro atoms. The molecule has 3 aliphatic rings. The van der Waals surface area contributed by atoms with Gasteiger partial charge in [0.15, 0.2) is 0 Å². The smallest absolute Gasteiger partial charge is 0.212 e. The molecule has 0 N–H and O–H groups in total. The summed E-state index contributed by atoms with van der Waals surface area (Å²) >= 11 is 0. The van der Waals surface area contributed by atoms with E-state index in [1.165, 1.54) is 0 Å². The third-order valence-electron chi connectivity index (χ3n) is 10.8. The summed E-state index contributed by atoms with van der Waals surface area (Å²) in [5.41, 5.74) is -5.42. The molecule has 0 amide bonds. The van der Waals surface area contributed by atoms with Crippen LogP contribution >= 0.6 is 10.3 Å². The number of hydrogen-bond acceptors (Lipinski definition) is 3. The number of hydrogen-bond donors (Lipinski definition) is 0. The fourth-order valence-electron chi connectivity index (χ4n) is 8.63. The Kier molecular flexibility index (Phi) is 11.0. The maximum atomic E-state index is 14.4. The summed E-state index contributed by atoms with van der Waals surface area (Å²) in [6.45, 7) is 19.7. The van der Waals surface area contributed by atoms with Gasteiger partial charge in [0.05, 0.1) is 0 Å². The van der Waals surface area contributed by atoms with Gasteiger partial charge in [-0.3, -0.25) is 0 Å². The van der Waals surface area contributed by atoms with E-state index in [1.807, 2.05) is 0 Å². The molecule has 3 aliphatic carbocycles. The first-order valence-corrected chi connectivity index (χ1v) is 18.9. The molecule has 3 fully saturated rings. The van der Waals surface area contributed by atoms with Crippen molar-refractivity contribution < 1.29 is 25.2 Å². The van der Waals surface area contributed by atoms with Gasteiger partial charge in [-0.15, -0.1) is 10.3 Å². The van der Waals surface area contributed by atoms with Gasteiger partial charge in [0.1, 0.15) is 0 Å². The summed E-state index contributed by atoms with van der Waals surface area (Å²) in [6, 6.07) is 0. The molecule has 0 heterocycles. The molecule has 3 rings (SSSR count). The second-order valence-corrected chi connectivity index (χ2v) is 19.9. The quantitative estimate of drug-likeness (QED) is 0.261. The maximum absolute atomic E-state index is 14.4. The van der Waals surface area contributed by atoms with E-state index in [2.05, 4.69) is 62.3 Å². The second kappa shape index (κ2) is 12.7. The maximum Gasteiger partial charge on any atom is 0.523 e. The fourth-order valence-corrected chi connectivity index (χ4v) is 17.6. The molecular weight excluding hydrogens is 541 g/mol. The summed E-state index contributed by atoms with van der Waals surface area (Å²) in [7, 11) is -8.50. The van der Waals surface area contributed by atoms with Gasteiger partial charge < -0.3 is 0 Å². The summed E-state index contributed by atoms with van der Waals surface area (Å²) in [4.78, 5) is 0. The average molecular weight is 599 g/mol. The van der Waals surface area contributed by atoms with E-state index in [0.29, 0.717) is 17.8 Å². The highest BCUT2D eigenvalue weighted by Crippen LogP contribution is 2.75. The molecule has 9 unspecified atom stereocenters. The van der Waals surface area contributed by atoms with Crippen molar-refractivity contribution in [2.24, 2.45) is 53.3 Å². The predicted molar refractivity (Wildman–Crippen MR) is 159 cm³/mol. The second-order valence-electron chi connectivity index (χ2n) is 14.8. The van der Waals surface area contributed by atoms with Gasteiger partial charge >= 0.3 is 15.6 Å². The SMILES string of the molecule is CC1CCC(C(C)C)C(S(OS(=O)(=O)C(F)(F)F)(C2CC(C)CCC2C(C)C)C2CC(C)CCC2C(C)C)C1. The van der Waals surface area contributed by atoms with E-state index < -0.39 is 25.9 Å². The van der Waals surface area contributed by atoms with Gasteiger partial charge in [0.2, 0.25) is 0 Å². The Bertz CT molecular complexity index is 822. The van der Waals surface area contributed by atoms with Crippen molar-refractivity contribution in [2.45, 2.75) is 141 Å². The standard InChI is InChI=1S/C31H57F3O3S2/c1-19(2)25-13-10-22(7)16-28(25)38(37-39(35,36)31(32,33)34,29-17-23(8)11-14-26(29)20(3)4)30-18-24(9)12-15-27(30)21(5)6/h19-30H,10-18H2,1-9H3. The van der Waals surface area contributed by atoms with E-state index >= 15 is 0 Å². The van der Waals surface area contributed by atoms with Crippen molar-refractivity contribution >= 4 is 20.4 Å². The Labute approximate surface area is 239 Å². The van der Waals surface area contributed by atoms with Crippen LogP contribution < -0.4 is 0 Å². The van der Waals surface area contributed by atoms with E-state index in [4.69, 9.17) is 3.63 Å². The lowest BCUT2D eigenvalue weighted by atomic mass is 9.76. The Hall–Kier alpha value is 0.0500. The van der Waals surface area contributed by atoms with E-state index in [1.54, 1.807) is 0 Å². The van der Waals surface area contributed by atoms with Crippen molar-refractivity contribution in [1.82, 2.24) is 0 Å². The first kappa shape index (κ1) is 33.6. The minimum atomic E-state index is -5.77. The normalized spacial score (nSPS) is 39.6. The van der Waals surface area contributed by atoms with Crippen LogP contribution in [0.5, 0.6) is 0 Å². The molecular formula is C31H57F3O3S2. The number of rotatable bonds is 8. The highest BCUT2D eigenvalue weighted by atomic mass is 32.3. The third kappa shape index (κ3) is 7.00. The largest absolute Gasteiger partial charge is 0.523 e. The van der Waals surface area contributed by atoms with E-state index in [9.17, 15) is 21.6 Å². The lowest BCUT2D eigenvalue weighted by Crippen LogP contribution is -2.54. The van der Waals surface area contributed by atoms with Crippen molar-refractivity contribution in [3.8, 4) is 0 Å². The molecule has 0 saturated heterocycles. The van der Waals surface area contributed by atoms with E-state index in [0.717, 1.165) is 57.8 Å². The highest BCUT2D eigenvalue weighted by molar-refractivity contribution is 8.34. The van der Waals surface area contributed by atoms with Crippen LogP contribution in [0.3, 0.4) is 0 Å². The van der Waals surface area contributed by atoms with Crippen LogP contribution in [-0.2, 0) is 13.7 Å². The zero-order chi connectivity index (χ0) is 29.5. The Balaban J connectivity index is 2.41. The summed E-state index contributed by atoms with van der Waals surface area (Å²) in [6.07, 6.45) is 8.29. The van der Waals surface area contributed by atoms with Crippen LogP contribution in [-0.4, -0.2) is 29.7 Å². The first-order chi connectivity index (χ1) is 17.9. The number of halogens is 3. The van der Waals surface area contributed by atoms with Gasteiger partial charge in [-0.1, -0.05) is 81.6 Å². The monoisotopic (exact) mass is 598 g/mol. The summed E-state index contributed by atoms with van der Waals surface area (Å²) in [5, 5.41) is -0.399. The molecule has 232 valence electrons. The lowest BCUT2D eigenvalue weighted by molar-refractivity contribution is -0.0498. The van der Waals surface area contributed by atoms with Crippen LogP contribution in [0.15, 0.2) is 0 Å². The van der Waals surface area contributed by atoms with Gasteiger partial charge in [-0.2, -0.15) is 21.6 Å². The van der Waals surface area contributed by atoms with Crippen LogP contribution in [0, 0.1) is 53.3 Å². The van der Waals surface area contributed by atoms with Gasteiger partial charge in [0.25, 0.3) is 0 Å². The van der Waals surface area contributed by atoms with Crippen molar-refractivity contribution in [3.05, 3.63) is 0 Å². The Morgan fingerprint density at radius 1 is 0.590 bits per heavy atom. The molecule has 0 radical (unpaired) electrons. The van der Waals surface area contributed by atoms with Crippen LogP contribution in [0.25, 0.3) is 0 Å². The zero-order valence-electron chi connectivity index (χ0n) is 26.0. The topological polar surface area (TPSA) is 43.4 Å². The molecule has 0 aromatic carbocycles. The van der Waals surface area contributed by atoms with Gasteiger partial charge in [0, 0.05) is 15.7 Å². The molecule has 9 atom stereocenters.